The molecule has 174 valence electrons. The third kappa shape index (κ3) is 5.42. The number of rotatable bonds is 7. The number of hydrogen-bond acceptors (Lipinski definition) is 5. The minimum absolute atomic E-state index is 0.0463. The zero-order valence-corrected chi connectivity index (χ0v) is 20.1. The van der Waals surface area contributed by atoms with Crippen LogP contribution in [0.2, 0.25) is 0 Å². The summed E-state index contributed by atoms with van der Waals surface area (Å²) in [6.07, 6.45) is 3.63. The summed E-state index contributed by atoms with van der Waals surface area (Å²) in [4.78, 5) is 13.0. The van der Waals surface area contributed by atoms with Gasteiger partial charge in [-0.25, -0.2) is 13.1 Å². The second-order valence-corrected chi connectivity index (χ2v) is 10.8. The third-order valence-corrected chi connectivity index (χ3v) is 7.25. The van der Waals surface area contributed by atoms with Crippen molar-refractivity contribution < 1.29 is 22.7 Å². The second-order valence-electron chi connectivity index (χ2n) is 9.09. The molecular weight excluding hydrogens is 428 g/mol. The molecule has 2 N–H and O–H groups in total. The highest BCUT2D eigenvalue weighted by Crippen LogP contribution is 2.32. The van der Waals surface area contributed by atoms with Gasteiger partial charge in [0.1, 0.15) is 16.4 Å². The van der Waals surface area contributed by atoms with E-state index in [1.165, 1.54) is 26.4 Å². The summed E-state index contributed by atoms with van der Waals surface area (Å²) in [5, 5.41) is 2.86. The van der Waals surface area contributed by atoms with Crippen LogP contribution in [-0.2, 0) is 15.4 Å². The molecule has 0 bridgehead atoms. The monoisotopic (exact) mass is 460 g/mol. The normalized spacial score (nSPS) is 14.9. The molecule has 1 amide bonds. The van der Waals surface area contributed by atoms with Crippen LogP contribution in [0, 0.1) is 0 Å². The Morgan fingerprint density at radius 3 is 2.19 bits per heavy atom. The summed E-state index contributed by atoms with van der Waals surface area (Å²) >= 11 is 0. The van der Waals surface area contributed by atoms with Crippen molar-refractivity contribution in [1.82, 2.24) is 4.72 Å². The summed E-state index contributed by atoms with van der Waals surface area (Å²) in [7, 11) is -0.888. The lowest BCUT2D eigenvalue weighted by molar-refractivity contribution is 0.102. The Morgan fingerprint density at radius 2 is 1.59 bits per heavy atom. The number of methoxy groups -OCH3 is 2. The highest BCUT2D eigenvalue weighted by Gasteiger charge is 2.27. The molecule has 0 saturated heterocycles. The molecule has 0 heterocycles. The number of hydrogen-bond donors (Lipinski definition) is 2. The molecule has 1 saturated carbocycles. The predicted molar refractivity (Wildman–Crippen MR) is 125 cm³/mol. The first-order chi connectivity index (χ1) is 15.0. The van der Waals surface area contributed by atoms with Gasteiger partial charge < -0.3 is 14.8 Å². The Balaban J connectivity index is 1.92. The van der Waals surface area contributed by atoms with Crippen molar-refractivity contribution in [2.45, 2.75) is 62.8 Å². The minimum Gasteiger partial charge on any atom is -0.495 e. The first kappa shape index (κ1) is 24.1. The number of sulfonamides is 1. The lowest BCUT2D eigenvalue weighted by atomic mass is 9.87. The van der Waals surface area contributed by atoms with Gasteiger partial charge in [0, 0.05) is 11.6 Å². The van der Waals surface area contributed by atoms with E-state index in [1.807, 2.05) is 18.2 Å². The van der Waals surface area contributed by atoms with Crippen molar-refractivity contribution in [1.29, 1.82) is 0 Å². The number of amides is 1. The molecule has 2 aromatic rings. The molecule has 3 rings (SSSR count). The van der Waals surface area contributed by atoms with Crippen molar-refractivity contribution in [2.75, 3.05) is 19.5 Å². The maximum absolute atomic E-state index is 13.0. The molecule has 2 aromatic carbocycles. The number of benzene rings is 2. The number of carbonyl (C=O) groups excluding carboxylic acids is 1. The van der Waals surface area contributed by atoms with E-state index in [1.54, 1.807) is 6.07 Å². The highest BCUT2D eigenvalue weighted by atomic mass is 32.2. The first-order valence-electron chi connectivity index (χ1n) is 10.8. The Kier molecular flexibility index (Phi) is 7.15. The van der Waals surface area contributed by atoms with Crippen LogP contribution < -0.4 is 19.5 Å². The Morgan fingerprint density at radius 1 is 0.969 bits per heavy atom. The largest absolute Gasteiger partial charge is 0.495 e. The average Bonchev–Trinajstić information content (AvgIpc) is 3.24. The van der Waals surface area contributed by atoms with E-state index < -0.39 is 15.9 Å². The van der Waals surface area contributed by atoms with Gasteiger partial charge in [-0.1, -0.05) is 39.7 Å². The van der Waals surface area contributed by atoms with Gasteiger partial charge in [-0.15, -0.1) is 0 Å². The van der Waals surface area contributed by atoms with Crippen LogP contribution in [0.5, 0.6) is 11.5 Å². The molecule has 0 aromatic heterocycles. The zero-order valence-electron chi connectivity index (χ0n) is 19.3. The van der Waals surface area contributed by atoms with Gasteiger partial charge >= 0.3 is 0 Å². The standard InChI is InChI=1S/C24H32N2O5S/c1-24(2,3)17-11-13-20(30-4)19(15-17)25-23(27)16-10-12-21(31-5)22(14-16)32(28,29)26-18-8-6-7-9-18/h10-15,18,26H,6-9H2,1-5H3,(H,25,27). The second kappa shape index (κ2) is 9.50. The fraction of sp³-hybridized carbons (Fsp3) is 0.458. The quantitative estimate of drug-likeness (QED) is 0.636. The van der Waals surface area contributed by atoms with Gasteiger partial charge in [0.2, 0.25) is 10.0 Å². The molecule has 7 nitrogen and oxygen atoms in total. The van der Waals surface area contributed by atoms with Gasteiger partial charge in [0.25, 0.3) is 5.91 Å². The maximum Gasteiger partial charge on any atom is 0.255 e. The molecule has 0 spiro atoms. The van der Waals surface area contributed by atoms with Gasteiger partial charge in [-0.3, -0.25) is 4.79 Å². The first-order valence-corrected chi connectivity index (χ1v) is 12.2. The van der Waals surface area contributed by atoms with E-state index >= 15 is 0 Å². The van der Waals surface area contributed by atoms with Crippen molar-refractivity contribution in [3.05, 3.63) is 47.5 Å². The van der Waals surface area contributed by atoms with Crippen LogP contribution in [0.15, 0.2) is 41.3 Å². The molecule has 0 unspecified atom stereocenters. The molecule has 0 aliphatic heterocycles. The van der Waals surface area contributed by atoms with Crippen LogP contribution in [0.4, 0.5) is 5.69 Å². The zero-order chi connectivity index (χ0) is 23.5. The van der Waals surface area contributed by atoms with E-state index in [4.69, 9.17) is 9.47 Å². The molecule has 1 aliphatic carbocycles. The summed E-state index contributed by atoms with van der Waals surface area (Å²) in [6.45, 7) is 6.25. The molecule has 8 heteroatoms. The van der Waals surface area contributed by atoms with Crippen LogP contribution in [-0.4, -0.2) is 34.6 Å². The third-order valence-electron chi connectivity index (χ3n) is 5.71. The summed E-state index contributed by atoms with van der Waals surface area (Å²) < 4.78 is 39.4. The van der Waals surface area contributed by atoms with Crippen molar-refractivity contribution in [3.8, 4) is 11.5 Å². The summed E-state index contributed by atoms with van der Waals surface area (Å²) in [5.74, 6) is 0.282. The number of carbonyl (C=O) groups is 1. The molecule has 32 heavy (non-hydrogen) atoms. The molecular formula is C24H32N2O5S. The van der Waals surface area contributed by atoms with E-state index in [0.717, 1.165) is 31.2 Å². The van der Waals surface area contributed by atoms with E-state index in [0.29, 0.717) is 11.4 Å². The van der Waals surface area contributed by atoms with Crippen molar-refractivity contribution >= 4 is 21.6 Å². The molecule has 0 atom stereocenters. The lowest BCUT2D eigenvalue weighted by Gasteiger charge is -2.21. The van der Waals surface area contributed by atoms with Crippen LogP contribution in [0.3, 0.4) is 0 Å². The number of anilines is 1. The van der Waals surface area contributed by atoms with E-state index in [-0.39, 0.29) is 27.7 Å². The Labute approximate surface area is 190 Å². The van der Waals surface area contributed by atoms with Gasteiger partial charge in [0.05, 0.1) is 19.9 Å². The highest BCUT2D eigenvalue weighted by molar-refractivity contribution is 7.89. The van der Waals surface area contributed by atoms with Crippen molar-refractivity contribution in [2.24, 2.45) is 0 Å². The van der Waals surface area contributed by atoms with Gasteiger partial charge in [0.15, 0.2) is 0 Å². The molecule has 1 fully saturated rings. The summed E-state index contributed by atoms with van der Waals surface area (Å²) in [5.41, 5.74) is 1.65. The van der Waals surface area contributed by atoms with Gasteiger partial charge in [-0.2, -0.15) is 0 Å². The topological polar surface area (TPSA) is 93.7 Å². The van der Waals surface area contributed by atoms with Gasteiger partial charge in [-0.05, 0) is 54.2 Å². The van der Waals surface area contributed by atoms with Crippen LogP contribution in [0.25, 0.3) is 0 Å². The van der Waals surface area contributed by atoms with E-state index in [2.05, 4.69) is 30.8 Å². The van der Waals surface area contributed by atoms with Crippen molar-refractivity contribution in [3.63, 3.8) is 0 Å². The smallest absolute Gasteiger partial charge is 0.255 e. The lowest BCUT2D eigenvalue weighted by Crippen LogP contribution is -2.33. The van der Waals surface area contributed by atoms with Crippen LogP contribution in [0.1, 0.15) is 62.4 Å². The molecule has 1 aliphatic rings. The minimum atomic E-state index is -3.83. The van der Waals surface area contributed by atoms with Crippen LogP contribution >= 0.6 is 0 Å². The SMILES string of the molecule is COc1ccc(C(C)(C)C)cc1NC(=O)c1ccc(OC)c(S(=O)(=O)NC2CCCC2)c1. The average molecular weight is 461 g/mol. The molecule has 0 radical (unpaired) electrons. The Bertz CT molecular complexity index is 1080. The summed E-state index contributed by atoms with van der Waals surface area (Å²) in [6, 6.07) is 9.95. The fourth-order valence-electron chi connectivity index (χ4n) is 3.82. The Hall–Kier alpha value is -2.58. The maximum atomic E-state index is 13.0. The fourth-order valence-corrected chi connectivity index (χ4v) is 5.32. The van der Waals surface area contributed by atoms with E-state index in [9.17, 15) is 13.2 Å². The number of ether oxygens (including phenoxy) is 2. The number of nitrogens with one attached hydrogen (secondary N) is 2. The predicted octanol–water partition coefficient (Wildman–Crippen LogP) is 4.47.